The third-order valence-corrected chi connectivity index (χ3v) is 3.21. The Kier molecular flexibility index (Phi) is 6.49. The number of esters is 1. The summed E-state index contributed by atoms with van der Waals surface area (Å²) in [5.74, 6) is -0.904. The number of methoxy groups -OCH3 is 1. The summed E-state index contributed by atoms with van der Waals surface area (Å²) in [5, 5.41) is 2.92. The van der Waals surface area contributed by atoms with Crippen LogP contribution >= 0.6 is 11.6 Å². The number of ether oxygens (including phenoxy) is 2. The molecular weight excluding hydrogens is 308 g/mol. The third kappa shape index (κ3) is 4.80. The minimum Gasteiger partial charge on any atom is -0.496 e. The fourth-order valence-electron chi connectivity index (χ4n) is 1.69. The van der Waals surface area contributed by atoms with E-state index >= 15 is 0 Å². The molecular formula is C15H21ClN2O4. The van der Waals surface area contributed by atoms with E-state index in [-0.39, 0.29) is 29.2 Å². The maximum absolute atomic E-state index is 12.2. The summed E-state index contributed by atoms with van der Waals surface area (Å²) >= 11 is 5.92. The molecule has 0 saturated carbocycles. The lowest BCUT2D eigenvalue weighted by Gasteiger charge is -2.15. The minimum atomic E-state index is -0.457. The van der Waals surface area contributed by atoms with Crippen LogP contribution in [-0.4, -0.2) is 31.6 Å². The molecule has 0 aliphatic heterocycles. The molecule has 0 aliphatic carbocycles. The van der Waals surface area contributed by atoms with E-state index in [0.29, 0.717) is 11.4 Å². The van der Waals surface area contributed by atoms with E-state index in [1.165, 1.54) is 19.2 Å². The zero-order valence-corrected chi connectivity index (χ0v) is 13.9. The van der Waals surface area contributed by atoms with E-state index < -0.39 is 11.8 Å². The highest BCUT2D eigenvalue weighted by Crippen LogP contribution is 2.28. The van der Waals surface area contributed by atoms with Gasteiger partial charge in [-0.15, -0.1) is 0 Å². The number of rotatable bonds is 6. The summed E-state index contributed by atoms with van der Waals surface area (Å²) in [6.45, 7) is 5.36. The highest BCUT2D eigenvalue weighted by molar-refractivity contribution is 6.33. The van der Waals surface area contributed by atoms with Gasteiger partial charge in [-0.3, -0.25) is 9.59 Å². The van der Waals surface area contributed by atoms with Crippen LogP contribution in [0.1, 0.15) is 31.1 Å². The molecule has 3 N–H and O–H groups in total. The molecule has 0 radical (unpaired) electrons. The molecule has 1 aromatic rings. The zero-order valence-electron chi connectivity index (χ0n) is 13.1. The third-order valence-electron chi connectivity index (χ3n) is 2.89. The molecule has 22 heavy (non-hydrogen) atoms. The molecule has 122 valence electrons. The molecule has 0 saturated heterocycles. The number of nitrogen functional groups attached to an aromatic ring is 1. The molecule has 0 bridgehead atoms. The maximum atomic E-state index is 12.2. The number of nitrogens with one attached hydrogen (secondary N) is 1. The summed E-state index contributed by atoms with van der Waals surface area (Å²) in [5.41, 5.74) is 6.25. The van der Waals surface area contributed by atoms with E-state index in [2.05, 4.69) is 5.32 Å². The van der Waals surface area contributed by atoms with Gasteiger partial charge < -0.3 is 20.5 Å². The second kappa shape index (κ2) is 7.89. The first-order chi connectivity index (χ1) is 10.3. The fourth-order valence-corrected chi connectivity index (χ4v) is 1.85. The normalized spacial score (nSPS) is 11.9. The fraction of sp³-hybridized carbons (Fsp3) is 0.467. The molecule has 0 fully saturated rings. The second-order valence-electron chi connectivity index (χ2n) is 5.17. The summed E-state index contributed by atoms with van der Waals surface area (Å²) in [7, 11) is 1.43. The molecule has 1 aromatic carbocycles. The van der Waals surface area contributed by atoms with Gasteiger partial charge in [-0.05, 0) is 19.9 Å². The number of carbonyl (C=O) groups excluding carboxylic acids is 2. The van der Waals surface area contributed by atoms with Crippen molar-refractivity contribution in [3.63, 3.8) is 0 Å². The lowest BCUT2D eigenvalue weighted by atomic mass is 10.1. The first-order valence-electron chi connectivity index (χ1n) is 6.88. The van der Waals surface area contributed by atoms with Crippen molar-refractivity contribution in [2.24, 2.45) is 5.92 Å². The van der Waals surface area contributed by atoms with Crippen molar-refractivity contribution in [2.75, 3.05) is 19.4 Å². The lowest BCUT2D eigenvalue weighted by Crippen LogP contribution is -2.33. The van der Waals surface area contributed by atoms with Crippen molar-refractivity contribution in [3.05, 3.63) is 22.7 Å². The Balaban J connectivity index is 2.74. The van der Waals surface area contributed by atoms with Gasteiger partial charge in [0.15, 0.2) is 0 Å². The Hall–Kier alpha value is -1.95. The van der Waals surface area contributed by atoms with Crippen molar-refractivity contribution in [2.45, 2.75) is 26.9 Å². The Labute approximate surface area is 134 Å². The van der Waals surface area contributed by atoms with Crippen LogP contribution in [0.2, 0.25) is 5.02 Å². The first kappa shape index (κ1) is 18.1. The van der Waals surface area contributed by atoms with Gasteiger partial charge >= 0.3 is 5.97 Å². The number of anilines is 1. The summed E-state index contributed by atoms with van der Waals surface area (Å²) in [4.78, 5) is 23.9. The predicted octanol–water partition coefficient (Wildman–Crippen LogP) is 2.25. The van der Waals surface area contributed by atoms with E-state index in [4.69, 9.17) is 26.8 Å². The molecule has 6 nitrogen and oxygen atoms in total. The van der Waals surface area contributed by atoms with Gasteiger partial charge in [0.1, 0.15) is 5.75 Å². The molecule has 1 amide bonds. The monoisotopic (exact) mass is 328 g/mol. The maximum Gasteiger partial charge on any atom is 0.310 e. The van der Waals surface area contributed by atoms with Gasteiger partial charge in [0, 0.05) is 12.6 Å². The standard InChI is InChI=1S/C15H21ClN2O4/c1-8(2)22-15(20)9(3)7-18-14(19)10-5-11(16)12(17)6-13(10)21-4/h5-6,8-9H,7,17H2,1-4H3,(H,18,19). The zero-order chi connectivity index (χ0) is 16.9. The van der Waals surface area contributed by atoms with Crippen molar-refractivity contribution < 1.29 is 19.1 Å². The predicted molar refractivity (Wildman–Crippen MR) is 85.1 cm³/mol. The van der Waals surface area contributed by atoms with Crippen LogP contribution in [0, 0.1) is 5.92 Å². The number of carbonyl (C=O) groups is 2. The number of halogens is 1. The molecule has 7 heteroatoms. The van der Waals surface area contributed by atoms with Crippen LogP contribution in [0.4, 0.5) is 5.69 Å². The lowest BCUT2D eigenvalue weighted by molar-refractivity contribution is -0.151. The Bertz CT molecular complexity index is 561. The molecule has 1 rings (SSSR count). The van der Waals surface area contributed by atoms with Gasteiger partial charge in [0.05, 0.1) is 35.4 Å². The summed E-state index contributed by atoms with van der Waals surface area (Å²) < 4.78 is 10.2. The minimum absolute atomic E-state index is 0.148. The highest BCUT2D eigenvalue weighted by Gasteiger charge is 2.19. The van der Waals surface area contributed by atoms with Gasteiger partial charge in [0.2, 0.25) is 0 Å². The quantitative estimate of drug-likeness (QED) is 0.617. The van der Waals surface area contributed by atoms with Gasteiger partial charge in [-0.25, -0.2) is 0 Å². The van der Waals surface area contributed by atoms with Crippen LogP contribution in [0.15, 0.2) is 12.1 Å². The van der Waals surface area contributed by atoms with E-state index in [0.717, 1.165) is 0 Å². The number of amides is 1. The first-order valence-corrected chi connectivity index (χ1v) is 7.25. The van der Waals surface area contributed by atoms with E-state index in [9.17, 15) is 9.59 Å². The molecule has 0 aliphatic rings. The van der Waals surface area contributed by atoms with E-state index in [1.807, 2.05) is 0 Å². The topological polar surface area (TPSA) is 90.6 Å². The second-order valence-corrected chi connectivity index (χ2v) is 5.58. The van der Waals surface area contributed by atoms with Crippen LogP contribution in [0.3, 0.4) is 0 Å². The summed E-state index contributed by atoms with van der Waals surface area (Å²) in [6, 6.07) is 2.91. The Morgan fingerprint density at radius 2 is 1.95 bits per heavy atom. The average Bonchev–Trinajstić information content (AvgIpc) is 2.45. The molecule has 1 unspecified atom stereocenters. The van der Waals surface area contributed by atoms with Gasteiger partial charge in [0.25, 0.3) is 5.91 Å². The highest BCUT2D eigenvalue weighted by atomic mass is 35.5. The van der Waals surface area contributed by atoms with Crippen molar-refractivity contribution in [1.82, 2.24) is 5.32 Å². The average molecular weight is 329 g/mol. The SMILES string of the molecule is COc1cc(N)c(Cl)cc1C(=O)NCC(C)C(=O)OC(C)C. The van der Waals surface area contributed by atoms with Gasteiger partial charge in [-0.2, -0.15) is 0 Å². The van der Waals surface area contributed by atoms with Crippen LogP contribution < -0.4 is 15.8 Å². The van der Waals surface area contributed by atoms with Crippen LogP contribution in [0.25, 0.3) is 0 Å². The Morgan fingerprint density at radius 1 is 1.32 bits per heavy atom. The summed E-state index contributed by atoms with van der Waals surface area (Å²) in [6.07, 6.45) is -0.193. The van der Waals surface area contributed by atoms with Crippen molar-refractivity contribution in [1.29, 1.82) is 0 Å². The van der Waals surface area contributed by atoms with Gasteiger partial charge in [-0.1, -0.05) is 18.5 Å². The molecule has 1 atom stereocenters. The van der Waals surface area contributed by atoms with Crippen LogP contribution in [-0.2, 0) is 9.53 Å². The van der Waals surface area contributed by atoms with Crippen molar-refractivity contribution in [3.8, 4) is 5.75 Å². The number of benzene rings is 1. The number of hydrogen-bond acceptors (Lipinski definition) is 5. The smallest absolute Gasteiger partial charge is 0.310 e. The Morgan fingerprint density at radius 3 is 2.50 bits per heavy atom. The molecule has 0 aromatic heterocycles. The van der Waals surface area contributed by atoms with Crippen molar-refractivity contribution >= 4 is 29.2 Å². The van der Waals surface area contributed by atoms with Crippen LogP contribution in [0.5, 0.6) is 5.75 Å². The van der Waals surface area contributed by atoms with E-state index in [1.54, 1.807) is 20.8 Å². The number of nitrogens with two attached hydrogens (primary N) is 1. The molecule has 0 heterocycles. The largest absolute Gasteiger partial charge is 0.496 e. The molecule has 0 spiro atoms. The number of hydrogen-bond donors (Lipinski definition) is 2.